The van der Waals surface area contributed by atoms with Crippen molar-refractivity contribution >= 4 is 22.9 Å². The third-order valence-electron chi connectivity index (χ3n) is 2.57. The maximum absolute atomic E-state index is 13.6. The lowest BCUT2D eigenvalue weighted by Gasteiger charge is -2.08. The van der Waals surface area contributed by atoms with Gasteiger partial charge in [-0.2, -0.15) is 0 Å². The van der Waals surface area contributed by atoms with Crippen LogP contribution in [0.4, 0.5) is 10.1 Å². The molecule has 0 radical (unpaired) electrons. The number of hydrogen-bond donors (Lipinski definition) is 1. The molecule has 1 aromatic carbocycles. The van der Waals surface area contributed by atoms with Crippen LogP contribution in [-0.4, -0.2) is 20.9 Å². The summed E-state index contributed by atoms with van der Waals surface area (Å²) in [4.78, 5) is 23.4. The highest BCUT2D eigenvalue weighted by atomic mass is 32.1. The summed E-state index contributed by atoms with van der Waals surface area (Å²) < 4.78 is 19.1. The summed E-state index contributed by atoms with van der Waals surface area (Å²) in [5.41, 5.74) is 2.09. The lowest BCUT2D eigenvalue weighted by Crippen LogP contribution is -2.12. The van der Waals surface area contributed by atoms with Gasteiger partial charge in [-0.1, -0.05) is 0 Å². The standard InChI is InChI=1S/C14H9FN4O2S/c15-9-1-10(19-14(20)13-6-22-8-18-13)3-11(2-9)21-12-4-16-7-17-5-12/h1-8H,(H,19,20). The summed E-state index contributed by atoms with van der Waals surface area (Å²) in [5.74, 6) is -0.364. The molecule has 0 unspecified atom stereocenters. The average Bonchev–Trinajstić information content (AvgIpc) is 3.02. The van der Waals surface area contributed by atoms with Crippen LogP contribution >= 0.6 is 11.3 Å². The fraction of sp³-hybridized carbons (Fsp3) is 0. The van der Waals surface area contributed by atoms with Crippen molar-refractivity contribution in [3.8, 4) is 11.5 Å². The summed E-state index contributed by atoms with van der Waals surface area (Å²) in [6.07, 6.45) is 4.26. The molecule has 6 nitrogen and oxygen atoms in total. The number of carbonyl (C=O) groups excluding carboxylic acids is 1. The Morgan fingerprint density at radius 1 is 1.18 bits per heavy atom. The van der Waals surface area contributed by atoms with Crippen molar-refractivity contribution in [3.63, 3.8) is 0 Å². The summed E-state index contributed by atoms with van der Waals surface area (Å²) >= 11 is 1.30. The van der Waals surface area contributed by atoms with E-state index in [0.29, 0.717) is 5.75 Å². The van der Waals surface area contributed by atoms with E-state index in [0.717, 1.165) is 0 Å². The monoisotopic (exact) mass is 316 g/mol. The summed E-state index contributed by atoms with van der Waals surface area (Å²) in [5, 5.41) is 4.17. The van der Waals surface area contributed by atoms with Gasteiger partial charge in [0.25, 0.3) is 5.91 Å². The normalized spacial score (nSPS) is 10.2. The molecule has 0 fully saturated rings. The Balaban J connectivity index is 1.79. The number of amides is 1. The molecule has 22 heavy (non-hydrogen) atoms. The van der Waals surface area contributed by atoms with Gasteiger partial charge in [0.2, 0.25) is 0 Å². The van der Waals surface area contributed by atoms with Crippen molar-refractivity contribution in [2.75, 3.05) is 5.32 Å². The van der Waals surface area contributed by atoms with Crippen molar-refractivity contribution in [2.24, 2.45) is 0 Å². The number of ether oxygens (including phenoxy) is 1. The predicted molar refractivity (Wildman–Crippen MR) is 78.6 cm³/mol. The van der Waals surface area contributed by atoms with E-state index in [-0.39, 0.29) is 17.1 Å². The van der Waals surface area contributed by atoms with Gasteiger partial charge in [0.05, 0.1) is 17.9 Å². The highest BCUT2D eigenvalue weighted by Gasteiger charge is 2.10. The molecule has 0 bridgehead atoms. The zero-order valence-electron chi connectivity index (χ0n) is 11.1. The molecule has 0 aliphatic carbocycles. The van der Waals surface area contributed by atoms with Crippen LogP contribution in [0, 0.1) is 5.82 Å². The van der Waals surface area contributed by atoms with E-state index in [1.54, 1.807) is 10.9 Å². The van der Waals surface area contributed by atoms with Gasteiger partial charge in [-0.05, 0) is 6.07 Å². The number of rotatable bonds is 4. The highest BCUT2D eigenvalue weighted by Crippen LogP contribution is 2.25. The van der Waals surface area contributed by atoms with Gasteiger partial charge in [-0.15, -0.1) is 11.3 Å². The Kier molecular flexibility index (Phi) is 4.01. The van der Waals surface area contributed by atoms with Gasteiger partial charge in [0.15, 0.2) is 5.75 Å². The fourth-order valence-electron chi connectivity index (χ4n) is 1.69. The Morgan fingerprint density at radius 2 is 2.00 bits per heavy atom. The van der Waals surface area contributed by atoms with Crippen LogP contribution in [0.15, 0.2) is 47.8 Å². The number of aromatic nitrogens is 3. The smallest absolute Gasteiger partial charge is 0.275 e. The second kappa shape index (κ2) is 6.27. The van der Waals surface area contributed by atoms with Gasteiger partial charge in [-0.3, -0.25) is 4.79 Å². The third kappa shape index (κ3) is 3.41. The van der Waals surface area contributed by atoms with E-state index in [1.165, 1.54) is 48.3 Å². The third-order valence-corrected chi connectivity index (χ3v) is 3.15. The van der Waals surface area contributed by atoms with Crippen LogP contribution in [0.3, 0.4) is 0 Å². The van der Waals surface area contributed by atoms with Crippen LogP contribution in [0.2, 0.25) is 0 Å². The first kappa shape index (κ1) is 14.1. The number of benzene rings is 1. The van der Waals surface area contributed by atoms with Crippen molar-refractivity contribution in [3.05, 3.63) is 59.3 Å². The molecule has 0 atom stereocenters. The number of carbonyl (C=O) groups is 1. The summed E-state index contributed by atoms with van der Waals surface area (Å²) in [6.45, 7) is 0. The van der Waals surface area contributed by atoms with Gasteiger partial charge in [0.1, 0.15) is 23.6 Å². The first-order valence-corrected chi connectivity index (χ1v) is 7.08. The van der Waals surface area contributed by atoms with Crippen molar-refractivity contribution < 1.29 is 13.9 Å². The zero-order valence-corrected chi connectivity index (χ0v) is 11.9. The van der Waals surface area contributed by atoms with Gasteiger partial charge in [0, 0.05) is 23.2 Å². The minimum Gasteiger partial charge on any atom is -0.454 e. The van der Waals surface area contributed by atoms with E-state index in [9.17, 15) is 9.18 Å². The highest BCUT2D eigenvalue weighted by molar-refractivity contribution is 7.07. The number of nitrogens with one attached hydrogen (secondary N) is 1. The van der Waals surface area contributed by atoms with E-state index >= 15 is 0 Å². The van der Waals surface area contributed by atoms with E-state index in [4.69, 9.17) is 4.74 Å². The molecular formula is C14H9FN4O2S. The number of nitrogens with zero attached hydrogens (tertiary/aromatic N) is 3. The molecule has 1 amide bonds. The van der Waals surface area contributed by atoms with E-state index in [2.05, 4.69) is 20.3 Å². The molecular weight excluding hydrogens is 307 g/mol. The van der Waals surface area contributed by atoms with Crippen molar-refractivity contribution in [1.82, 2.24) is 15.0 Å². The molecule has 0 saturated carbocycles. The minimum absolute atomic E-state index is 0.225. The average molecular weight is 316 g/mol. The fourth-order valence-corrected chi connectivity index (χ4v) is 2.22. The van der Waals surface area contributed by atoms with Crippen LogP contribution in [-0.2, 0) is 0 Å². The molecule has 3 rings (SSSR count). The maximum Gasteiger partial charge on any atom is 0.275 e. The van der Waals surface area contributed by atoms with Gasteiger partial charge < -0.3 is 10.1 Å². The number of thiazole rings is 1. The molecule has 2 heterocycles. The topological polar surface area (TPSA) is 77.0 Å². The second-order valence-corrected chi connectivity index (χ2v) is 4.90. The van der Waals surface area contributed by atoms with Crippen molar-refractivity contribution in [2.45, 2.75) is 0 Å². The Labute approximate surface area is 128 Å². The summed E-state index contributed by atoms with van der Waals surface area (Å²) in [7, 11) is 0. The molecule has 8 heteroatoms. The first-order chi connectivity index (χ1) is 10.7. The van der Waals surface area contributed by atoms with Crippen LogP contribution in [0.25, 0.3) is 0 Å². The Bertz CT molecular complexity index is 781. The molecule has 1 N–H and O–H groups in total. The largest absolute Gasteiger partial charge is 0.454 e. The maximum atomic E-state index is 13.6. The SMILES string of the molecule is O=C(Nc1cc(F)cc(Oc2cncnc2)c1)c1cscn1. The van der Waals surface area contributed by atoms with E-state index in [1.807, 2.05) is 0 Å². The molecule has 0 aliphatic heterocycles. The predicted octanol–water partition coefficient (Wildman–Crippen LogP) is 3.12. The molecule has 2 aromatic heterocycles. The number of anilines is 1. The molecule has 0 saturated heterocycles. The Morgan fingerprint density at radius 3 is 2.73 bits per heavy atom. The van der Waals surface area contributed by atoms with Crippen LogP contribution in [0.5, 0.6) is 11.5 Å². The quantitative estimate of drug-likeness (QED) is 0.800. The molecule has 0 spiro atoms. The molecule has 3 aromatic rings. The Hall–Kier alpha value is -2.87. The van der Waals surface area contributed by atoms with Crippen LogP contribution in [0.1, 0.15) is 10.5 Å². The summed E-state index contributed by atoms with van der Waals surface area (Å²) in [6, 6.07) is 3.89. The van der Waals surface area contributed by atoms with Gasteiger partial charge in [-0.25, -0.2) is 19.3 Å². The number of halogens is 1. The lowest BCUT2D eigenvalue weighted by atomic mass is 10.2. The van der Waals surface area contributed by atoms with E-state index < -0.39 is 11.7 Å². The van der Waals surface area contributed by atoms with Crippen LogP contribution < -0.4 is 10.1 Å². The zero-order chi connectivity index (χ0) is 15.4. The van der Waals surface area contributed by atoms with Gasteiger partial charge >= 0.3 is 0 Å². The number of hydrogen-bond acceptors (Lipinski definition) is 6. The van der Waals surface area contributed by atoms with Crippen molar-refractivity contribution in [1.29, 1.82) is 0 Å². The first-order valence-electron chi connectivity index (χ1n) is 6.14. The minimum atomic E-state index is -0.539. The lowest BCUT2D eigenvalue weighted by molar-refractivity contribution is 0.102. The molecule has 0 aliphatic rings. The molecule has 110 valence electrons. The second-order valence-electron chi connectivity index (χ2n) is 4.18.